The third kappa shape index (κ3) is 3.81. The monoisotopic (exact) mass is 344 g/mol. The summed E-state index contributed by atoms with van der Waals surface area (Å²) in [5.41, 5.74) is 0.562. The number of fused-ring (bicyclic) bond motifs is 1. The number of rotatable bonds is 4. The summed E-state index contributed by atoms with van der Waals surface area (Å²) >= 11 is 0. The van der Waals surface area contributed by atoms with Crippen molar-refractivity contribution >= 4 is 5.91 Å². The molecule has 5 nitrogen and oxygen atoms in total. The molecule has 2 aliphatic heterocycles. The molecule has 24 heavy (non-hydrogen) atoms. The Bertz CT molecular complexity index is 600. The molecule has 0 radical (unpaired) electrons. The molecule has 0 aliphatic carbocycles. The fraction of sp³-hybridized carbons (Fsp3) is 0.562. The predicted molar refractivity (Wildman–Crippen MR) is 79.6 cm³/mol. The van der Waals surface area contributed by atoms with Gasteiger partial charge in [-0.3, -0.25) is 9.69 Å². The van der Waals surface area contributed by atoms with E-state index in [2.05, 4.69) is 5.32 Å². The van der Waals surface area contributed by atoms with Crippen LogP contribution >= 0.6 is 0 Å². The van der Waals surface area contributed by atoms with Crippen LogP contribution in [0.15, 0.2) is 18.2 Å². The summed E-state index contributed by atoms with van der Waals surface area (Å²) in [4.78, 5) is 14.0. The van der Waals surface area contributed by atoms with E-state index in [1.165, 1.54) is 23.1 Å². The van der Waals surface area contributed by atoms with E-state index in [1.807, 2.05) is 0 Å². The highest BCUT2D eigenvalue weighted by Gasteiger charge is 2.33. The molecule has 0 spiro atoms. The average molecular weight is 344 g/mol. The number of morpholine rings is 1. The molecule has 2 aliphatic rings. The summed E-state index contributed by atoms with van der Waals surface area (Å²) in [7, 11) is 0. The largest absolute Gasteiger partial charge is 0.493 e. The van der Waals surface area contributed by atoms with Gasteiger partial charge in [-0.25, -0.2) is 13.2 Å². The Kier molecular flexibility index (Phi) is 5.25. The van der Waals surface area contributed by atoms with Crippen molar-refractivity contribution in [2.45, 2.75) is 24.9 Å². The number of carbonyl (C=O) groups is 1. The van der Waals surface area contributed by atoms with E-state index in [4.69, 9.17) is 9.47 Å². The van der Waals surface area contributed by atoms with Crippen molar-refractivity contribution in [1.29, 1.82) is 0 Å². The maximum Gasteiger partial charge on any atom is 0.251 e. The van der Waals surface area contributed by atoms with E-state index < -0.39 is 36.8 Å². The lowest BCUT2D eigenvalue weighted by Gasteiger charge is -2.35. The molecule has 3 rings (SSSR count). The van der Waals surface area contributed by atoms with Crippen molar-refractivity contribution in [3.63, 3.8) is 0 Å². The third-order valence-corrected chi connectivity index (χ3v) is 4.24. The number of ether oxygens (including phenoxy) is 2. The minimum absolute atomic E-state index is 0.0672. The first-order chi connectivity index (χ1) is 11.5. The minimum Gasteiger partial charge on any atom is -0.493 e. The van der Waals surface area contributed by atoms with E-state index in [-0.39, 0.29) is 13.2 Å². The Balaban J connectivity index is 1.71. The number of nitrogens with one attached hydrogen (secondary N) is 1. The van der Waals surface area contributed by atoms with Gasteiger partial charge in [-0.2, -0.15) is 0 Å². The number of alkyl halides is 2. The Labute approximate surface area is 137 Å². The lowest BCUT2D eigenvalue weighted by molar-refractivity contribution is -0.134. The van der Waals surface area contributed by atoms with Gasteiger partial charge in [-0.05, 0) is 18.2 Å². The van der Waals surface area contributed by atoms with Crippen LogP contribution in [0.2, 0.25) is 0 Å². The fourth-order valence-corrected chi connectivity index (χ4v) is 3.06. The van der Waals surface area contributed by atoms with Crippen LogP contribution in [-0.2, 0) is 9.53 Å². The number of halogens is 3. The van der Waals surface area contributed by atoms with Crippen LogP contribution in [-0.4, -0.2) is 56.2 Å². The van der Waals surface area contributed by atoms with Gasteiger partial charge in [-0.1, -0.05) is 0 Å². The van der Waals surface area contributed by atoms with Crippen molar-refractivity contribution in [2.24, 2.45) is 0 Å². The van der Waals surface area contributed by atoms with Crippen molar-refractivity contribution in [2.75, 3.05) is 32.9 Å². The lowest BCUT2D eigenvalue weighted by Crippen LogP contribution is -2.55. The molecular formula is C16H19F3N2O3. The quantitative estimate of drug-likeness (QED) is 0.904. The number of carbonyl (C=O) groups excluding carboxylic acids is 1. The van der Waals surface area contributed by atoms with E-state index in [9.17, 15) is 18.0 Å². The summed E-state index contributed by atoms with van der Waals surface area (Å²) in [6.45, 7) is 0.590. The average Bonchev–Trinajstić information content (AvgIpc) is 2.55. The van der Waals surface area contributed by atoms with E-state index in [0.717, 1.165) is 0 Å². The van der Waals surface area contributed by atoms with Gasteiger partial charge in [0.25, 0.3) is 6.43 Å². The lowest BCUT2D eigenvalue weighted by atomic mass is 9.99. The molecule has 8 heteroatoms. The summed E-state index contributed by atoms with van der Waals surface area (Å²) in [6, 6.07) is 2.96. The number of benzene rings is 1. The van der Waals surface area contributed by atoms with Gasteiger partial charge in [0, 0.05) is 18.5 Å². The Morgan fingerprint density at radius 2 is 2.21 bits per heavy atom. The molecule has 132 valence electrons. The molecule has 1 amide bonds. The highest BCUT2D eigenvalue weighted by molar-refractivity contribution is 5.82. The van der Waals surface area contributed by atoms with Crippen LogP contribution in [0.1, 0.15) is 18.0 Å². The minimum atomic E-state index is -2.52. The van der Waals surface area contributed by atoms with Gasteiger partial charge in [-0.15, -0.1) is 0 Å². The van der Waals surface area contributed by atoms with Crippen molar-refractivity contribution < 1.29 is 27.4 Å². The van der Waals surface area contributed by atoms with Gasteiger partial charge in [0.05, 0.1) is 32.4 Å². The first kappa shape index (κ1) is 17.0. The number of hydrogen-bond acceptors (Lipinski definition) is 4. The second-order valence-corrected chi connectivity index (χ2v) is 5.86. The molecular weight excluding hydrogens is 325 g/mol. The van der Waals surface area contributed by atoms with Crippen molar-refractivity contribution in [3.8, 4) is 5.75 Å². The highest BCUT2D eigenvalue weighted by atomic mass is 19.3. The molecule has 1 aromatic rings. The van der Waals surface area contributed by atoms with Gasteiger partial charge < -0.3 is 14.8 Å². The Hall–Kier alpha value is -1.80. The maximum atomic E-state index is 13.5. The standard InChI is InChI=1S/C16H19F3N2O3/c17-10-1-2-14-11(7-10)12(3-5-24-14)20-16(22)13-9-23-6-4-21(13)8-15(18)19/h1-2,7,12-13,15H,3-6,8-9H2,(H,20,22)/t12-,13+/m1/s1. The summed E-state index contributed by atoms with van der Waals surface area (Å²) in [5, 5.41) is 2.82. The molecule has 0 bridgehead atoms. The van der Waals surface area contributed by atoms with Crippen molar-refractivity contribution in [1.82, 2.24) is 10.2 Å². The molecule has 1 N–H and O–H groups in total. The normalized spacial score (nSPS) is 24.3. The van der Waals surface area contributed by atoms with E-state index in [0.29, 0.717) is 30.9 Å². The molecule has 2 atom stereocenters. The number of hydrogen-bond donors (Lipinski definition) is 1. The van der Waals surface area contributed by atoms with Crippen LogP contribution < -0.4 is 10.1 Å². The fourth-order valence-electron chi connectivity index (χ4n) is 3.06. The van der Waals surface area contributed by atoms with Crippen LogP contribution in [0, 0.1) is 5.82 Å². The molecule has 2 heterocycles. The van der Waals surface area contributed by atoms with Crippen LogP contribution in [0.3, 0.4) is 0 Å². The molecule has 1 aromatic carbocycles. The van der Waals surface area contributed by atoms with Gasteiger partial charge in [0.2, 0.25) is 5.91 Å². The zero-order valence-corrected chi connectivity index (χ0v) is 13.0. The first-order valence-electron chi connectivity index (χ1n) is 7.87. The van der Waals surface area contributed by atoms with Gasteiger partial charge in [0.15, 0.2) is 0 Å². The Morgan fingerprint density at radius 1 is 1.38 bits per heavy atom. The molecule has 1 saturated heterocycles. The summed E-state index contributed by atoms with van der Waals surface area (Å²) in [6.07, 6.45) is -2.03. The molecule has 0 saturated carbocycles. The van der Waals surface area contributed by atoms with Crippen LogP contribution in [0.25, 0.3) is 0 Å². The summed E-state index contributed by atoms with van der Waals surface area (Å²) in [5.74, 6) is -0.284. The maximum absolute atomic E-state index is 13.5. The van der Waals surface area contributed by atoms with E-state index >= 15 is 0 Å². The third-order valence-electron chi connectivity index (χ3n) is 4.24. The zero-order valence-electron chi connectivity index (χ0n) is 13.0. The molecule has 0 unspecified atom stereocenters. The van der Waals surface area contributed by atoms with Crippen molar-refractivity contribution in [3.05, 3.63) is 29.6 Å². The van der Waals surface area contributed by atoms with Gasteiger partial charge >= 0.3 is 0 Å². The Morgan fingerprint density at radius 3 is 3.00 bits per heavy atom. The van der Waals surface area contributed by atoms with Gasteiger partial charge in [0.1, 0.15) is 17.6 Å². The zero-order chi connectivity index (χ0) is 17.1. The highest BCUT2D eigenvalue weighted by Crippen LogP contribution is 2.32. The second kappa shape index (κ2) is 7.40. The smallest absolute Gasteiger partial charge is 0.251 e. The van der Waals surface area contributed by atoms with E-state index in [1.54, 1.807) is 0 Å². The molecule has 0 aromatic heterocycles. The van der Waals surface area contributed by atoms with Crippen LogP contribution in [0.5, 0.6) is 5.75 Å². The number of nitrogens with zero attached hydrogens (tertiary/aromatic N) is 1. The SMILES string of the molecule is O=C(N[C@@H]1CCOc2ccc(F)cc21)[C@@H]1COCCN1CC(F)F. The van der Waals surface area contributed by atoms with Crippen LogP contribution in [0.4, 0.5) is 13.2 Å². The topological polar surface area (TPSA) is 50.8 Å². The second-order valence-electron chi connectivity index (χ2n) is 5.86. The molecule has 1 fully saturated rings. The predicted octanol–water partition coefficient (Wildman–Crippen LogP) is 1.73. The summed E-state index contributed by atoms with van der Waals surface area (Å²) < 4.78 is 49.6. The number of amides is 1. The first-order valence-corrected chi connectivity index (χ1v) is 7.87.